The van der Waals surface area contributed by atoms with Gasteiger partial charge >= 0.3 is 0 Å². The summed E-state index contributed by atoms with van der Waals surface area (Å²) in [5.74, 6) is 0. The average Bonchev–Trinajstić information content (AvgIpc) is 1.35. The Kier molecular flexibility index (Phi) is 1.65. The zero-order chi connectivity index (χ0) is 5.21. The Balaban J connectivity index is 4.24. The quantitative estimate of drug-likeness (QED) is 0.407. The van der Waals surface area contributed by atoms with Crippen molar-refractivity contribution in [2.75, 3.05) is 12.5 Å². The molecule has 1 nitrogen and oxygen atoms in total. The van der Waals surface area contributed by atoms with E-state index in [0.29, 0.717) is 0 Å². The molecule has 0 unspecified atom stereocenters. The summed E-state index contributed by atoms with van der Waals surface area (Å²) in [7, 11) is -1.54. The lowest BCUT2D eigenvalue weighted by molar-refractivity contribution is 0.688. The molecule has 0 atom stereocenters. The van der Waals surface area contributed by atoms with E-state index in [4.69, 9.17) is 0 Å². The summed E-state index contributed by atoms with van der Waals surface area (Å²) in [5, 5.41) is 1.72. The van der Waals surface area contributed by atoms with E-state index in [1.165, 1.54) is 0 Å². The Bertz CT molecular complexity index is 120. The normalized spacial score (nSPS) is 11.2. The summed E-state index contributed by atoms with van der Waals surface area (Å²) in [6, 6.07) is 0. The Hall–Kier alpha value is 0.0200. The molecule has 0 amide bonds. The lowest BCUT2D eigenvalue weighted by Crippen LogP contribution is -1.92. The first-order chi connectivity index (χ1) is 2.56. The van der Waals surface area contributed by atoms with Crippen LogP contribution in [-0.4, -0.2) is 22.1 Å². The maximum atomic E-state index is 10.5. The first-order valence-electron chi connectivity index (χ1n) is 1.80. The van der Waals surface area contributed by atoms with Gasteiger partial charge in [-0.2, -0.15) is 0 Å². The fourth-order valence-electron chi connectivity index (χ4n) is 0. The van der Waals surface area contributed by atoms with Crippen molar-refractivity contribution in [1.82, 2.24) is 0 Å². The van der Waals surface area contributed by atoms with E-state index < -0.39 is 9.52 Å². The molecule has 0 saturated heterocycles. The molecule has 0 aromatic rings. The monoisotopic (exact) mass is 106 g/mol. The maximum absolute atomic E-state index is 10.5. The Morgan fingerprint density at radius 2 is 1.67 bits per heavy atom. The Labute approximate surface area is 39.4 Å². The van der Waals surface area contributed by atoms with E-state index in [2.05, 4.69) is 0 Å². The lowest BCUT2D eigenvalue weighted by atomic mass is 11.0. The molecule has 0 aliphatic heterocycles. The van der Waals surface area contributed by atoms with E-state index in [1.54, 1.807) is 17.9 Å². The molecule has 0 aromatic heterocycles. The van der Waals surface area contributed by atoms with Crippen molar-refractivity contribution in [1.29, 1.82) is 0 Å². The van der Waals surface area contributed by atoms with Gasteiger partial charge < -0.3 is 0 Å². The number of rotatable bonds is 0. The third-order valence-electron chi connectivity index (χ3n) is 0.568. The van der Waals surface area contributed by atoms with Crippen molar-refractivity contribution in [3.05, 3.63) is 0 Å². The minimum atomic E-state index is -1.54. The van der Waals surface area contributed by atoms with Crippen molar-refractivity contribution in [2.24, 2.45) is 0 Å². The highest BCUT2D eigenvalue weighted by Crippen LogP contribution is 1.69. The topological polar surface area (TPSA) is 17.1 Å². The molecular weight excluding hydrogens is 96.1 g/mol. The van der Waals surface area contributed by atoms with Gasteiger partial charge in [-0.1, -0.05) is 0 Å². The molecule has 0 N–H and O–H groups in total. The highest BCUT2D eigenvalue weighted by atomic mass is 32.2. The van der Waals surface area contributed by atoms with Gasteiger partial charge in [0, 0.05) is 12.5 Å². The van der Waals surface area contributed by atoms with Crippen LogP contribution < -0.4 is 0 Å². The molecule has 38 valence electrons. The molecule has 2 heteroatoms. The molecule has 0 heterocycles. The average molecular weight is 106 g/mol. The molecule has 6 heavy (non-hydrogen) atoms. The molecule has 0 radical (unpaired) electrons. The van der Waals surface area contributed by atoms with Gasteiger partial charge in [0.25, 0.3) is 0 Å². The summed E-state index contributed by atoms with van der Waals surface area (Å²) in [5.41, 5.74) is 0. The van der Waals surface area contributed by atoms with E-state index in [1.807, 2.05) is 6.92 Å². The van der Waals surface area contributed by atoms with Crippen LogP contribution in [0, 0.1) is 0 Å². The molecular formula is C4H10OS. The van der Waals surface area contributed by atoms with Gasteiger partial charge in [0.2, 0.25) is 0 Å². The zero-order valence-electron chi connectivity index (χ0n) is 4.39. The molecule has 0 aromatic carbocycles. The first-order valence-corrected chi connectivity index (χ1v) is 4.23. The second-order valence-corrected chi connectivity index (χ2v) is 4.63. The number of hydrogen-bond acceptors (Lipinski definition) is 1. The summed E-state index contributed by atoms with van der Waals surface area (Å²) >= 11 is 0. The van der Waals surface area contributed by atoms with E-state index in [-0.39, 0.29) is 0 Å². The van der Waals surface area contributed by atoms with Crippen LogP contribution in [0.4, 0.5) is 0 Å². The van der Waals surface area contributed by atoms with Crippen LogP contribution in [0.1, 0.15) is 6.92 Å². The predicted octanol–water partition coefficient (Wildman–Crippen LogP) is 0.353. The van der Waals surface area contributed by atoms with Gasteiger partial charge in [-0.05, 0) is 21.8 Å². The largest absolute Gasteiger partial charge is 0.268 e. The van der Waals surface area contributed by atoms with Crippen molar-refractivity contribution in [3.8, 4) is 0 Å². The Morgan fingerprint density at radius 1 is 1.50 bits per heavy atom. The van der Waals surface area contributed by atoms with Crippen molar-refractivity contribution in [3.63, 3.8) is 0 Å². The molecule has 0 aliphatic carbocycles. The van der Waals surface area contributed by atoms with Crippen LogP contribution in [0.2, 0.25) is 0 Å². The summed E-state index contributed by atoms with van der Waals surface area (Å²) in [6.07, 6.45) is 3.43. The van der Waals surface area contributed by atoms with Gasteiger partial charge in [0.15, 0.2) is 0 Å². The first kappa shape index (κ1) is 6.02. The van der Waals surface area contributed by atoms with Crippen LogP contribution in [0.15, 0.2) is 0 Å². The summed E-state index contributed by atoms with van der Waals surface area (Å²) in [4.78, 5) is 0. The minimum absolute atomic E-state index is 1.54. The molecule has 0 bridgehead atoms. The van der Waals surface area contributed by atoms with Crippen LogP contribution in [0.3, 0.4) is 0 Å². The van der Waals surface area contributed by atoms with Gasteiger partial charge in [0.05, 0.1) is 0 Å². The Morgan fingerprint density at radius 3 is 1.67 bits per heavy atom. The van der Waals surface area contributed by atoms with E-state index in [9.17, 15) is 4.21 Å². The fraction of sp³-hybridized carbons (Fsp3) is 0.750. The van der Waals surface area contributed by atoms with Crippen molar-refractivity contribution >= 4 is 14.9 Å². The maximum Gasteiger partial charge on any atom is 0.00430 e. The van der Waals surface area contributed by atoms with Crippen LogP contribution >= 0.6 is 0 Å². The molecule has 0 fully saturated rings. The highest BCUT2D eigenvalue weighted by Gasteiger charge is 1.76. The third kappa shape index (κ3) is 4.02. The predicted molar refractivity (Wildman–Crippen MR) is 31.7 cm³/mol. The van der Waals surface area contributed by atoms with Crippen LogP contribution in [0.25, 0.3) is 0 Å². The van der Waals surface area contributed by atoms with Crippen LogP contribution in [-0.2, 0) is 9.52 Å². The minimum Gasteiger partial charge on any atom is -0.268 e. The van der Waals surface area contributed by atoms with Gasteiger partial charge in [-0.25, -0.2) is 0 Å². The molecule has 0 rings (SSSR count). The highest BCUT2D eigenvalue weighted by molar-refractivity contribution is 7.99. The summed E-state index contributed by atoms with van der Waals surface area (Å²) < 4.78 is 10.5. The van der Waals surface area contributed by atoms with Crippen molar-refractivity contribution in [2.45, 2.75) is 6.92 Å². The van der Waals surface area contributed by atoms with E-state index >= 15 is 0 Å². The molecule has 0 saturated carbocycles. The van der Waals surface area contributed by atoms with Crippen LogP contribution in [0.5, 0.6) is 0 Å². The van der Waals surface area contributed by atoms with Gasteiger partial charge in [-0.3, -0.25) is 4.21 Å². The fourth-order valence-corrected chi connectivity index (χ4v) is 0. The van der Waals surface area contributed by atoms with Crippen molar-refractivity contribution < 1.29 is 4.21 Å². The lowest BCUT2D eigenvalue weighted by Gasteiger charge is -1.84. The standard InChI is InChI=1S/C4H10OS/c1-4-6(2,3)5/h4H,1-3H3. The van der Waals surface area contributed by atoms with Gasteiger partial charge in [0.1, 0.15) is 0 Å². The summed E-state index contributed by atoms with van der Waals surface area (Å²) in [6.45, 7) is 1.81. The zero-order valence-corrected chi connectivity index (χ0v) is 5.21. The smallest absolute Gasteiger partial charge is 0.00430 e. The molecule has 0 aliphatic rings. The molecule has 0 spiro atoms. The van der Waals surface area contributed by atoms with E-state index in [0.717, 1.165) is 0 Å². The second kappa shape index (κ2) is 1.65. The second-order valence-electron chi connectivity index (χ2n) is 1.54. The van der Waals surface area contributed by atoms with Gasteiger partial charge in [-0.15, -0.1) is 0 Å². The third-order valence-corrected chi connectivity index (χ3v) is 1.70. The number of hydrogen-bond donors (Lipinski definition) is 0. The SMILES string of the molecule is CC=S(C)(C)=O.